The highest BCUT2D eigenvalue weighted by molar-refractivity contribution is 6.29. The van der Waals surface area contributed by atoms with Crippen LogP contribution in [0.25, 0.3) is 16.9 Å². The van der Waals surface area contributed by atoms with Crippen molar-refractivity contribution in [1.29, 1.82) is 0 Å². The second kappa shape index (κ2) is 8.30. The van der Waals surface area contributed by atoms with E-state index in [0.717, 1.165) is 4.52 Å². The predicted molar refractivity (Wildman–Crippen MR) is 114 cm³/mol. The molecule has 3 aromatic heterocycles. The summed E-state index contributed by atoms with van der Waals surface area (Å²) in [5.41, 5.74) is -1.84. The summed E-state index contributed by atoms with van der Waals surface area (Å²) in [6.07, 6.45) is 1.92. The molecule has 3 aromatic rings. The van der Waals surface area contributed by atoms with Gasteiger partial charge in [0.2, 0.25) is 0 Å². The SMILES string of the molecule is CC(C)(C)OC(=O)N(C(=O)OC(C)(C)C)c1nc2c(F)c(-c3cncc(Cl)n3)ccn2n1. The zero-order valence-corrected chi connectivity index (χ0v) is 19.1. The van der Waals surface area contributed by atoms with Crippen LogP contribution in [-0.2, 0) is 9.47 Å². The van der Waals surface area contributed by atoms with Crippen LogP contribution >= 0.6 is 11.6 Å². The second-order valence-electron chi connectivity index (χ2n) is 8.75. The highest BCUT2D eigenvalue weighted by Gasteiger charge is 2.35. The van der Waals surface area contributed by atoms with Gasteiger partial charge in [-0.05, 0) is 47.6 Å². The van der Waals surface area contributed by atoms with E-state index < -0.39 is 35.2 Å². The Morgan fingerprint density at radius 3 is 2.16 bits per heavy atom. The lowest BCUT2D eigenvalue weighted by atomic mass is 10.2. The molecule has 0 N–H and O–H groups in total. The Morgan fingerprint density at radius 2 is 1.62 bits per heavy atom. The summed E-state index contributed by atoms with van der Waals surface area (Å²) in [7, 11) is 0. The number of pyridine rings is 1. The Kier molecular flexibility index (Phi) is 6.05. The number of hydrogen-bond acceptors (Lipinski definition) is 8. The van der Waals surface area contributed by atoms with Crippen molar-refractivity contribution in [1.82, 2.24) is 24.6 Å². The zero-order valence-electron chi connectivity index (χ0n) is 18.4. The van der Waals surface area contributed by atoms with E-state index in [0.29, 0.717) is 4.90 Å². The van der Waals surface area contributed by atoms with Crippen LogP contribution in [0.15, 0.2) is 24.7 Å². The van der Waals surface area contributed by atoms with Crippen molar-refractivity contribution in [2.45, 2.75) is 52.7 Å². The van der Waals surface area contributed by atoms with Crippen LogP contribution in [-0.4, -0.2) is 48.0 Å². The maximum Gasteiger partial charge on any atom is 0.427 e. The zero-order chi connectivity index (χ0) is 23.8. The van der Waals surface area contributed by atoms with Gasteiger partial charge in [0.25, 0.3) is 5.95 Å². The van der Waals surface area contributed by atoms with E-state index in [1.807, 2.05) is 0 Å². The third kappa shape index (κ3) is 5.28. The van der Waals surface area contributed by atoms with Gasteiger partial charge in [-0.1, -0.05) is 11.6 Å². The lowest BCUT2D eigenvalue weighted by Crippen LogP contribution is -2.44. The van der Waals surface area contributed by atoms with E-state index in [-0.39, 0.29) is 22.1 Å². The molecule has 0 saturated carbocycles. The highest BCUT2D eigenvalue weighted by Crippen LogP contribution is 2.26. The van der Waals surface area contributed by atoms with Gasteiger partial charge in [0.1, 0.15) is 16.4 Å². The summed E-state index contributed by atoms with van der Waals surface area (Å²) in [6.45, 7) is 9.79. The Morgan fingerprint density at radius 1 is 1.03 bits per heavy atom. The maximum atomic E-state index is 15.2. The molecular formula is C20H22ClFN6O4. The van der Waals surface area contributed by atoms with Gasteiger partial charge in [0.05, 0.1) is 18.1 Å². The van der Waals surface area contributed by atoms with Crippen molar-refractivity contribution in [2.24, 2.45) is 0 Å². The number of fused-ring (bicyclic) bond motifs is 1. The first-order chi connectivity index (χ1) is 14.7. The largest absolute Gasteiger partial charge is 0.443 e. The van der Waals surface area contributed by atoms with E-state index in [2.05, 4.69) is 20.1 Å². The summed E-state index contributed by atoms with van der Waals surface area (Å²) >= 11 is 5.85. The van der Waals surface area contributed by atoms with Crippen molar-refractivity contribution in [3.05, 3.63) is 35.6 Å². The van der Waals surface area contributed by atoms with Crippen molar-refractivity contribution in [3.63, 3.8) is 0 Å². The van der Waals surface area contributed by atoms with Crippen LogP contribution in [0.5, 0.6) is 0 Å². The van der Waals surface area contributed by atoms with Gasteiger partial charge in [-0.3, -0.25) is 4.98 Å². The summed E-state index contributed by atoms with van der Waals surface area (Å²) in [4.78, 5) is 38.0. The summed E-state index contributed by atoms with van der Waals surface area (Å²) < 4.78 is 26.9. The van der Waals surface area contributed by atoms with Crippen LogP contribution in [0.3, 0.4) is 0 Å². The Labute approximate surface area is 188 Å². The van der Waals surface area contributed by atoms with Crippen molar-refractivity contribution >= 4 is 35.4 Å². The fraction of sp³-hybridized carbons (Fsp3) is 0.400. The number of carbonyl (C=O) groups is 2. The number of ether oxygens (including phenoxy) is 2. The van der Waals surface area contributed by atoms with Crippen LogP contribution < -0.4 is 4.90 Å². The molecule has 0 radical (unpaired) electrons. The van der Waals surface area contributed by atoms with Gasteiger partial charge < -0.3 is 9.47 Å². The average Bonchev–Trinajstić information content (AvgIpc) is 3.03. The molecule has 32 heavy (non-hydrogen) atoms. The lowest BCUT2D eigenvalue weighted by molar-refractivity contribution is 0.0427. The minimum absolute atomic E-state index is 0.0625. The monoisotopic (exact) mass is 464 g/mol. The summed E-state index contributed by atoms with van der Waals surface area (Å²) in [5.74, 6) is -1.21. The fourth-order valence-electron chi connectivity index (χ4n) is 2.52. The first kappa shape index (κ1) is 23.3. The molecule has 0 atom stereocenters. The molecule has 0 bridgehead atoms. The van der Waals surface area contributed by atoms with Gasteiger partial charge in [0, 0.05) is 11.8 Å². The highest BCUT2D eigenvalue weighted by atomic mass is 35.5. The maximum absolute atomic E-state index is 15.2. The average molecular weight is 465 g/mol. The molecule has 0 aromatic carbocycles. The van der Waals surface area contributed by atoms with Crippen molar-refractivity contribution in [3.8, 4) is 11.3 Å². The molecule has 0 saturated heterocycles. The van der Waals surface area contributed by atoms with Gasteiger partial charge >= 0.3 is 12.2 Å². The van der Waals surface area contributed by atoms with E-state index in [1.165, 1.54) is 24.7 Å². The molecular weight excluding hydrogens is 443 g/mol. The molecule has 0 unspecified atom stereocenters. The third-order valence-corrected chi connectivity index (χ3v) is 3.85. The van der Waals surface area contributed by atoms with Crippen LogP contribution in [0.2, 0.25) is 5.15 Å². The number of halogens is 2. The fourth-order valence-corrected chi connectivity index (χ4v) is 2.67. The second-order valence-corrected chi connectivity index (χ2v) is 9.13. The van der Waals surface area contributed by atoms with Gasteiger partial charge in [-0.2, -0.15) is 4.98 Å². The molecule has 0 aliphatic heterocycles. The smallest absolute Gasteiger partial charge is 0.427 e. The number of hydrogen-bond donors (Lipinski definition) is 0. The number of aromatic nitrogens is 5. The molecule has 0 aliphatic rings. The van der Waals surface area contributed by atoms with E-state index in [9.17, 15) is 9.59 Å². The van der Waals surface area contributed by atoms with Crippen LogP contribution in [0.1, 0.15) is 41.5 Å². The minimum Gasteiger partial charge on any atom is -0.443 e. The molecule has 10 nitrogen and oxygen atoms in total. The number of rotatable bonds is 2. The van der Waals surface area contributed by atoms with Crippen molar-refractivity contribution in [2.75, 3.05) is 4.90 Å². The standard InChI is InChI=1S/C20H22ClFN6O4/c1-19(2,3)31-17(29)28(18(30)32-20(4,5)6)16-25-15-14(22)11(7-8-27(15)26-16)12-9-23-10-13(21)24-12/h7-10H,1-6H3. The van der Waals surface area contributed by atoms with Crippen LogP contribution in [0.4, 0.5) is 19.9 Å². The molecule has 2 amide bonds. The molecule has 3 heterocycles. The number of nitrogens with zero attached hydrogens (tertiary/aromatic N) is 6. The Bertz CT molecular complexity index is 1160. The molecule has 12 heteroatoms. The van der Waals surface area contributed by atoms with Gasteiger partial charge in [-0.15, -0.1) is 10.00 Å². The molecule has 0 fully saturated rings. The Hall–Kier alpha value is -3.34. The lowest BCUT2D eigenvalue weighted by Gasteiger charge is -2.26. The quantitative estimate of drug-likeness (QED) is 0.538. The molecule has 0 spiro atoms. The molecule has 0 aliphatic carbocycles. The van der Waals surface area contributed by atoms with E-state index in [4.69, 9.17) is 21.1 Å². The van der Waals surface area contributed by atoms with Crippen molar-refractivity contribution < 1.29 is 23.5 Å². The summed E-state index contributed by atoms with van der Waals surface area (Å²) in [6, 6.07) is 1.40. The first-order valence-corrected chi connectivity index (χ1v) is 9.92. The number of anilines is 1. The normalized spacial score (nSPS) is 12.0. The van der Waals surface area contributed by atoms with Gasteiger partial charge in [-0.25, -0.2) is 23.5 Å². The first-order valence-electron chi connectivity index (χ1n) is 9.54. The molecule has 3 rings (SSSR count). The molecule has 170 valence electrons. The number of imide groups is 1. The van der Waals surface area contributed by atoms with Crippen LogP contribution in [0, 0.1) is 5.82 Å². The predicted octanol–water partition coefficient (Wildman–Crippen LogP) is 4.66. The minimum atomic E-state index is -1.07. The topological polar surface area (TPSA) is 112 Å². The van der Waals surface area contributed by atoms with Gasteiger partial charge in [0.15, 0.2) is 11.5 Å². The van der Waals surface area contributed by atoms with E-state index >= 15 is 4.39 Å². The summed E-state index contributed by atoms with van der Waals surface area (Å²) in [5, 5.41) is 4.14. The third-order valence-electron chi connectivity index (χ3n) is 3.67. The Balaban J connectivity index is 2.09. The number of carbonyl (C=O) groups excluding carboxylic acids is 2. The number of amides is 2. The van der Waals surface area contributed by atoms with E-state index in [1.54, 1.807) is 41.5 Å².